The number of benzene rings is 1. The summed E-state index contributed by atoms with van der Waals surface area (Å²) in [7, 11) is 0. The summed E-state index contributed by atoms with van der Waals surface area (Å²) in [6.45, 7) is 11.7. The molecule has 46 heavy (non-hydrogen) atoms. The quantitative estimate of drug-likeness (QED) is 0.0799. The number of carbonyl (C=O) groups is 7. The monoisotopic (exact) mass is 756 g/mol. The van der Waals surface area contributed by atoms with Crippen LogP contribution in [0.2, 0.25) is 0 Å². The van der Waals surface area contributed by atoms with Crippen molar-refractivity contribution < 1.29 is 43.0 Å². The summed E-state index contributed by atoms with van der Waals surface area (Å²) in [5.41, 5.74) is -0.872. The lowest BCUT2D eigenvalue weighted by molar-refractivity contribution is -0.160. The smallest absolute Gasteiger partial charge is 0.329 e. The Morgan fingerprint density at radius 2 is 1.35 bits per heavy atom. The van der Waals surface area contributed by atoms with Gasteiger partial charge < -0.3 is 25.4 Å². The minimum Gasteiger partial charge on any atom is -0.460 e. The van der Waals surface area contributed by atoms with E-state index in [0.717, 1.165) is 0 Å². The molecule has 254 valence electrons. The first-order chi connectivity index (χ1) is 21.3. The fourth-order valence-electron chi connectivity index (χ4n) is 4.52. The number of hydrogen-bond acceptors (Lipinski definition) is 9. The average molecular weight is 757 g/mol. The fraction of sp³-hybridized carbons (Fsp3) is 0.594. The van der Waals surface area contributed by atoms with Crippen LogP contribution in [0.15, 0.2) is 24.3 Å². The van der Waals surface area contributed by atoms with Crippen molar-refractivity contribution in [1.29, 1.82) is 0 Å². The van der Waals surface area contributed by atoms with Crippen LogP contribution in [0.1, 0.15) is 101 Å². The number of fused-ring (bicyclic) bond motifs is 1. The molecule has 0 saturated carbocycles. The van der Waals surface area contributed by atoms with E-state index >= 15 is 0 Å². The zero-order valence-corrected chi connectivity index (χ0v) is 29.6. The molecule has 1 aliphatic rings. The van der Waals surface area contributed by atoms with Crippen molar-refractivity contribution in [2.45, 2.75) is 110 Å². The van der Waals surface area contributed by atoms with Gasteiger partial charge in [-0.3, -0.25) is 33.7 Å². The molecular formula is C32H45IN4O9. The van der Waals surface area contributed by atoms with E-state index in [4.69, 9.17) is 9.47 Å². The number of alkyl halides is 1. The van der Waals surface area contributed by atoms with Crippen molar-refractivity contribution in [3.8, 4) is 0 Å². The molecule has 0 aromatic heterocycles. The molecule has 2 rings (SSSR count). The number of unbranched alkanes of at least 4 members (excludes halogenated alkanes) is 1. The number of esters is 2. The van der Waals surface area contributed by atoms with Crippen LogP contribution in [0.4, 0.5) is 0 Å². The maximum absolute atomic E-state index is 13.2. The van der Waals surface area contributed by atoms with E-state index in [2.05, 4.69) is 16.0 Å². The summed E-state index contributed by atoms with van der Waals surface area (Å²) in [6.07, 6.45) is 0.715. The number of rotatable bonds is 15. The number of nitrogens with one attached hydrogen (secondary N) is 3. The highest BCUT2D eigenvalue weighted by Crippen LogP contribution is 2.23. The zero-order valence-electron chi connectivity index (χ0n) is 27.5. The number of ether oxygens (including phenoxy) is 2. The lowest BCUT2D eigenvalue weighted by Gasteiger charge is -2.26. The van der Waals surface area contributed by atoms with Crippen molar-refractivity contribution in [3.05, 3.63) is 35.4 Å². The Bertz CT molecular complexity index is 1280. The molecule has 1 aromatic rings. The molecular weight excluding hydrogens is 711 g/mol. The maximum Gasteiger partial charge on any atom is 0.329 e. The number of amides is 5. The van der Waals surface area contributed by atoms with E-state index in [-0.39, 0.29) is 48.0 Å². The van der Waals surface area contributed by atoms with Gasteiger partial charge >= 0.3 is 11.9 Å². The molecule has 1 heterocycles. The Kier molecular flexibility index (Phi) is 14.1. The summed E-state index contributed by atoms with van der Waals surface area (Å²) >= 11 is 1.86. The molecule has 3 atom stereocenters. The van der Waals surface area contributed by atoms with Gasteiger partial charge in [0.2, 0.25) is 17.7 Å². The SMILES string of the molecule is C[C@@H](NC(=O)[C@H](CCCCN1C(=O)c2ccccc2C1=O)NC(=O)CI)C(=O)N[C@H](CCC(=O)OC(C)(C)C)C(=O)OC(C)(C)C. The standard InChI is InChI=1S/C32H45IN4O9/c1-19(26(40)36-23(30(44)46-32(5,6)7)15-16-25(39)45-31(2,3)4)34-27(41)22(35-24(38)18-33)14-10-11-17-37-28(42)20-12-8-9-13-21(20)29(37)43/h8-9,12-13,19,22-23H,10-11,14-18H2,1-7H3,(H,34,41)(H,35,38)(H,36,40)/t19-,22+,23-/m1/s1. The molecule has 0 unspecified atom stereocenters. The molecule has 0 aliphatic carbocycles. The molecule has 1 aromatic carbocycles. The second-order valence-electron chi connectivity index (χ2n) is 13.0. The van der Waals surface area contributed by atoms with Gasteiger partial charge in [0, 0.05) is 13.0 Å². The highest BCUT2D eigenvalue weighted by Gasteiger charge is 2.35. The lowest BCUT2D eigenvalue weighted by atomic mass is 10.1. The van der Waals surface area contributed by atoms with Gasteiger partial charge in [0.05, 0.1) is 15.6 Å². The van der Waals surface area contributed by atoms with Gasteiger partial charge in [-0.25, -0.2) is 4.79 Å². The van der Waals surface area contributed by atoms with E-state index in [1.165, 1.54) is 11.8 Å². The Labute approximate surface area is 283 Å². The van der Waals surface area contributed by atoms with E-state index in [1.807, 2.05) is 22.6 Å². The molecule has 3 N–H and O–H groups in total. The Balaban J connectivity index is 2.00. The minimum absolute atomic E-state index is 0.0856. The number of halogens is 1. The van der Waals surface area contributed by atoms with Gasteiger partial charge in [0.15, 0.2) is 0 Å². The van der Waals surface area contributed by atoms with Crippen LogP contribution in [0.3, 0.4) is 0 Å². The Morgan fingerprint density at radius 1 is 0.783 bits per heavy atom. The normalized spacial score (nSPS) is 14.9. The first kappa shape index (κ1) is 38.6. The molecule has 0 fully saturated rings. The summed E-state index contributed by atoms with van der Waals surface area (Å²) in [5.74, 6) is -3.73. The number of nitrogens with zero attached hydrogens (tertiary/aromatic N) is 1. The van der Waals surface area contributed by atoms with E-state index < -0.39 is 53.1 Å². The van der Waals surface area contributed by atoms with Gasteiger partial charge in [-0.05, 0) is 86.3 Å². The summed E-state index contributed by atoms with van der Waals surface area (Å²) in [4.78, 5) is 90.0. The molecule has 1 aliphatic heterocycles. The third-order valence-electron chi connectivity index (χ3n) is 6.59. The van der Waals surface area contributed by atoms with E-state index in [9.17, 15) is 33.6 Å². The van der Waals surface area contributed by atoms with Crippen LogP contribution < -0.4 is 16.0 Å². The minimum atomic E-state index is -1.18. The average Bonchev–Trinajstić information content (AvgIpc) is 3.19. The predicted octanol–water partition coefficient (Wildman–Crippen LogP) is 2.83. The van der Waals surface area contributed by atoms with E-state index in [1.54, 1.807) is 65.8 Å². The molecule has 0 radical (unpaired) electrons. The van der Waals surface area contributed by atoms with E-state index in [0.29, 0.717) is 24.0 Å². The summed E-state index contributed by atoms with van der Waals surface area (Å²) in [6, 6.07) is 3.29. The van der Waals surface area contributed by atoms with Crippen molar-refractivity contribution in [3.63, 3.8) is 0 Å². The van der Waals surface area contributed by atoms with Gasteiger partial charge in [-0.15, -0.1) is 0 Å². The summed E-state index contributed by atoms with van der Waals surface area (Å²) < 4.78 is 10.8. The van der Waals surface area contributed by atoms with Crippen LogP contribution in [0.5, 0.6) is 0 Å². The topological polar surface area (TPSA) is 177 Å². The maximum atomic E-state index is 13.2. The lowest BCUT2D eigenvalue weighted by Crippen LogP contribution is -2.55. The van der Waals surface area contributed by atoms with Gasteiger partial charge in [-0.1, -0.05) is 34.7 Å². The number of hydrogen-bond donors (Lipinski definition) is 3. The van der Waals surface area contributed by atoms with Crippen LogP contribution in [-0.2, 0) is 33.4 Å². The third-order valence-corrected chi connectivity index (χ3v) is 7.29. The van der Waals surface area contributed by atoms with Crippen molar-refractivity contribution in [1.82, 2.24) is 20.9 Å². The Hall–Kier alpha value is -3.56. The molecule has 5 amide bonds. The Morgan fingerprint density at radius 3 is 1.87 bits per heavy atom. The van der Waals surface area contributed by atoms with Crippen LogP contribution in [0.25, 0.3) is 0 Å². The van der Waals surface area contributed by atoms with Crippen LogP contribution >= 0.6 is 22.6 Å². The molecule has 0 spiro atoms. The van der Waals surface area contributed by atoms with Crippen molar-refractivity contribution >= 4 is 64.1 Å². The van der Waals surface area contributed by atoms with Crippen LogP contribution in [-0.4, -0.2) is 86.7 Å². The fourth-order valence-corrected chi connectivity index (χ4v) is 4.74. The number of imide groups is 1. The largest absolute Gasteiger partial charge is 0.460 e. The first-order valence-corrected chi connectivity index (χ1v) is 16.7. The van der Waals surface area contributed by atoms with Crippen molar-refractivity contribution in [2.75, 3.05) is 11.0 Å². The molecule has 0 saturated heterocycles. The summed E-state index contributed by atoms with van der Waals surface area (Å²) in [5, 5.41) is 7.78. The third kappa shape index (κ3) is 12.3. The number of carbonyl (C=O) groups excluding carboxylic acids is 7. The molecule has 0 bridgehead atoms. The van der Waals surface area contributed by atoms with Crippen LogP contribution in [0, 0.1) is 0 Å². The van der Waals surface area contributed by atoms with Gasteiger partial charge in [-0.2, -0.15) is 0 Å². The highest BCUT2D eigenvalue weighted by molar-refractivity contribution is 14.1. The van der Waals surface area contributed by atoms with Gasteiger partial charge in [0.1, 0.15) is 29.3 Å². The zero-order chi connectivity index (χ0) is 34.8. The molecule has 13 nitrogen and oxygen atoms in total. The second kappa shape index (κ2) is 16.8. The highest BCUT2D eigenvalue weighted by atomic mass is 127. The first-order valence-electron chi connectivity index (χ1n) is 15.2. The second-order valence-corrected chi connectivity index (χ2v) is 13.8. The molecule has 14 heteroatoms. The van der Waals surface area contributed by atoms with Gasteiger partial charge in [0.25, 0.3) is 11.8 Å². The predicted molar refractivity (Wildman–Crippen MR) is 177 cm³/mol. The van der Waals surface area contributed by atoms with Crippen molar-refractivity contribution in [2.24, 2.45) is 0 Å².